The molecule has 146 valence electrons. The molecule has 9 heteroatoms. The summed E-state index contributed by atoms with van der Waals surface area (Å²) < 4.78 is 47.3. The number of rotatable bonds is 4. The molecule has 2 aromatic heterocycles. The minimum Gasteiger partial charge on any atom is -0.461 e. The van der Waals surface area contributed by atoms with Crippen molar-refractivity contribution in [2.75, 3.05) is 6.54 Å². The predicted octanol–water partition coefficient (Wildman–Crippen LogP) is 3.49. The molecular formula is C19H16F3N3O3. The number of halogens is 3. The molecule has 0 aliphatic carbocycles. The normalized spacial score (nSPS) is 14.7. The van der Waals surface area contributed by atoms with Crippen molar-refractivity contribution >= 4 is 0 Å². The summed E-state index contributed by atoms with van der Waals surface area (Å²) in [5.41, 5.74) is 1.37. The molecule has 0 radical (unpaired) electrons. The number of fused-ring (bicyclic) bond motifs is 1. The molecule has 0 bridgehead atoms. The molecule has 28 heavy (non-hydrogen) atoms. The van der Waals surface area contributed by atoms with Gasteiger partial charge in [-0.15, -0.1) is 13.2 Å². The third-order valence-corrected chi connectivity index (χ3v) is 4.50. The fourth-order valence-electron chi connectivity index (χ4n) is 3.26. The molecule has 1 aromatic carbocycles. The van der Waals surface area contributed by atoms with E-state index in [2.05, 4.69) is 14.7 Å². The molecule has 1 aliphatic heterocycles. The number of para-hydroxylation sites is 1. The number of benzene rings is 1. The van der Waals surface area contributed by atoms with Crippen LogP contribution < -0.4 is 10.3 Å². The van der Waals surface area contributed by atoms with Gasteiger partial charge in [-0.25, -0.2) is 4.98 Å². The van der Waals surface area contributed by atoms with Gasteiger partial charge in [0.05, 0.1) is 12.0 Å². The molecule has 6 nitrogen and oxygen atoms in total. The van der Waals surface area contributed by atoms with Crippen LogP contribution in [0.2, 0.25) is 0 Å². The largest absolute Gasteiger partial charge is 0.573 e. The molecule has 4 rings (SSSR count). The standard InChI is InChI=1S/C19H16F3N3O3/c20-19(21,22)28-15-5-2-1-4-12(15)10-25-8-7-13-14(11-25)23-17(24-18(13)26)16-6-3-9-27-16/h1-6,9H,7-8,10-11H2,(H,23,24,26). The first-order valence-electron chi connectivity index (χ1n) is 8.61. The van der Waals surface area contributed by atoms with Gasteiger partial charge in [0.2, 0.25) is 0 Å². The van der Waals surface area contributed by atoms with Crippen LogP contribution in [0.1, 0.15) is 16.8 Å². The SMILES string of the molecule is O=c1[nH]c(-c2ccco2)nc2c1CCN(Cc1ccccc1OC(F)(F)F)C2. The lowest BCUT2D eigenvalue weighted by Gasteiger charge is -2.28. The minimum absolute atomic E-state index is 0.225. The van der Waals surface area contributed by atoms with E-state index < -0.39 is 6.36 Å². The van der Waals surface area contributed by atoms with Crippen LogP contribution in [0, 0.1) is 0 Å². The predicted molar refractivity (Wildman–Crippen MR) is 93.5 cm³/mol. The number of alkyl halides is 3. The van der Waals surface area contributed by atoms with Crippen LogP contribution in [0.5, 0.6) is 5.75 Å². The van der Waals surface area contributed by atoms with Crippen molar-refractivity contribution in [2.24, 2.45) is 0 Å². The van der Waals surface area contributed by atoms with Crippen LogP contribution in [-0.4, -0.2) is 27.8 Å². The second-order valence-electron chi connectivity index (χ2n) is 6.43. The van der Waals surface area contributed by atoms with Gasteiger partial charge < -0.3 is 14.1 Å². The van der Waals surface area contributed by atoms with Gasteiger partial charge in [0, 0.05) is 30.8 Å². The highest BCUT2D eigenvalue weighted by Crippen LogP contribution is 2.28. The first-order valence-corrected chi connectivity index (χ1v) is 8.61. The first kappa shape index (κ1) is 18.3. The van der Waals surface area contributed by atoms with E-state index in [9.17, 15) is 18.0 Å². The Bertz CT molecular complexity index is 1030. The summed E-state index contributed by atoms with van der Waals surface area (Å²) in [6.45, 7) is 1.11. The lowest BCUT2D eigenvalue weighted by Crippen LogP contribution is -2.35. The number of aromatic nitrogens is 2. The third kappa shape index (κ3) is 3.94. The highest BCUT2D eigenvalue weighted by molar-refractivity contribution is 5.47. The topological polar surface area (TPSA) is 71.4 Å². The average Bonchev–Trinajstić information content (AvgIpc) is 3.16. The molecule has 1 N–H and O–H groups in total. The molecule has 0 unspecified atom stereocenters. The zero-order chi connectivity index (χ0) is 19.7. The van der Waals surface area contributed by atoms with Crippen LogP contribution in [0.15, 0.2) is 51.9 Å². The maximum absolute atomic E-state index is 12.6. The van der Waals surface area contributed by atoms with Crippen LogP contribution in [0.4, 0.5) is 13.2 Å². The Balaban J connectivity index is 1.57. The molecular weight excluding hydrogens is 375 g/mol. The van der Waals surface area contributed by atoms with Crippen molar-refractivity contribution < 1.29 is 22.3 Å². The number of nitrogens with zero attached hydrogens (tertiary/aromatic N) is 2. The van der Waals surface area contributed by atoms with Gasteiger partial charge in [-0.2, -0.15) is 0 Å². The average molecular weight is 391 g/mol. The molecule has 1 aliphatic rings. The number of hydrogen-bond donors (Lipinski definition) is 1. The molecule has 0 spiro atoms. The van der Waals surface area contributed by atoms with Crippen LogP contribution >= 0.6 is 0 Å². The Morgan fingerprint density at radius 2 is 2.04 bits per heavy atom. The number of furan rings is 1. The van der Waals surface area contributed by atoms with E-state index in [-0.39, 0.29) is 17.9 Å². The Morgan fingerprint density at radius 3 is 2.79 bits per heavy atom. The van der Waals surface area contributed by atoms with Gasteiger partial charge in [0.25, 0.3) is 5.56 Å². The molecule has 0 saturated heterocycles. The number of H-pyrrole nitrogens is 1. The lowest BCUT2D eigenvalue weighted by molar-refractivity contribution is -0.275. The molecule has 3 heterocycles. The molecule has 3 aromatic rings. The van der Waals surface area contributed by atoms with Crippen molar-refractivity contribution in [3.63, 3.8) is 0 Å². The van der Waals surface area contributed by atoms with E-state index in [0.717, 1.165) is 0 Å². The molecule has 0 atom stereocenters. The van der Waals surface area contributed by atoms with Gasteiger partial charge >= 0.3 is 6.36 Å². The highest BCUT2D eigenvalue weighted by atomic mass is 19.4. The summed E-state index contributed by atoms with van der Waals surface area (Å²) in [5, 5.41) is 0. The zero-order valence-electron chi connectivity index (χ0n) is 14.6. The Hall–Kier alpha value is -3.07. The second-order valence-corrected chi connectivity index (χ2v) is 6.43. The number of aromatic amines is 1. The van der Waals surface area contributed by atoms with Crippen molar-refractivity contribution in [3.8, 4) is 17.3 Å². The quantitative estimate of drug-likeness (QED) is 0.737. The van der Waals surface area contributed by atoms with E-state index in [4.69, 9.17) is 4.42 Å². The monoisotopic (exact) mass is 391 g/mol. The Labute approximate surface area is 157 Å². The van der Waals surface area contributed by atoms with Gasteiger partial charge in [-0.05, 0) is 24.6 Å². The van der Waals surface area contributed by atoms with Gasteiger partial charge in [0.1, 0.15) is 5.75 Å². The molecule has 0 amide bonds. The number of nitrogens with one attached hydrogen (secondary N) is 1. The van der Waals surface area contributed by atoms with Crippen LogP contribution in [0.25, 0.3) is 11.6 Å². The van der Waals surface area contributed by atoms with Gasteiger partial charge in [-0.1, -0.05) is 18.2 Å². The Morgan fingerprint density at radius 1 is 1.21 bits per heavy atom. The maximum Gasteiger partial charge on any atom is 0.573 e. The van der Waals surface area contributed by atoms with Crippen molar-refractivity contribution in [3.05, 3.63) is 69.8 Å². The maximum atomic E-state index is 12.6. The molecule has 0 fully saturated rings. The summed E-state index contributed by atoms with van der Waals surface area (Å²) in [7, 11) is 0. The fourth-order valence-corrected chi connectivity index (χ4v) is 3.26. The minimum atomic E-state index is -4.75. The summed E-state index contributed by atoms with van der Waals surface area (Å²) in [6, 6.07) is 9.42. The first-order chi connectivity index (χ1) is 13.4. The molecule has 0 saturated carbocycles. The second kappa shape index (κ2) is 7.16. The highest BCUT2D eigenvalue weighted by Gasteiger charge is 2.32. The number of hydrogen-bond acceptors (Lipinski definition) is 5. The van der Waals surface area contributed by atoms with E-state index in [1.165, 1.54) is 18.4 Å². The van der Waals surface area contributed by atoms with Gasteiger partial charge in [-0.3, -0.25) is 9.69 Å². The Kier molecular flexibility index (Phi) is 4.68. The van der Waals surface area contributed by atoms with E-state index in [0.29, 0.717) is 47.9 Å². The lowest BCUT2D eigenvalue weighted by atomic mass is 10.1. The van der Waals surface area contributed by atoms with Crippen molar-refractivity contribution in [2.45, 2.75) is 25.9 Å². The van der Waals surface area contributed by atoms with E-state index >= 15 is 0 Å². The van der Waals surface area contributed by atoms with Crippen molar-refractivity contribution in [1.82, 2.24) is 14.9 Å². The summed E-state index contributed by atoms with van der Waals surface area (Å²) in [4.78, 5) is 21.5. The zero-order valence-corrected chi connectivity index (χ0v) is 14.6. The number of ether oxygens (including phenoxy) is 1. The summed E-state index contributed by atoms with van der Waals surface area (Å²) in [6.07, 6.45) is -2.81. The van der Waals surface area contributed by atoms with Crippen LogP contribution in [0.3, 0.4) is 0 Å². The van der Waals surface area contributed by atoms with Crippen LogP contribution in [-0.2, 0) is 19.5 Å². The smallest absolute Gasteiger partial charge is 0.461 e. The third-order valence-electron chi connectivity index (χ3n) is 4.50. The van der Waals surface area contributed by atoms with Gasteiger partial charge in [0.15, 0.2) is 11.6 Å². The summed E-state index contributed by atoms with van der Waals surface area (Å²) in [5.74, 6) is 0.549. The summed E-state index contributed by atoms with van der Waals surface area (Å²) >= 11 is 0. The fraction of sp³-hybridized carbons (Fsp3) is 0.263. The van der Waals surface area contributed by atoms with E-state index in [1.54, 1.807) is 24.3 Å². The van der Waals surface area contributed by atoms with Crippen molar-refractivity contribution in [1.29, 1.82) is 0 Å². The van der Waals surface area contributed by atoms with E-state index in [1.807, 2.05) is 4.90 Å².